The van der Waals surface area contributed by atoms with Crippen molar-refractivity contribution in [2.24, 2.45) is 5.92 Å². The van der Waals surface area contributed by atoms with Crippen LogP contribution >= 0.6 is 0 Å². The molecule has 2 rings (SSSR count). The summed E-state index contributed by atoms with van der Waals surface area (Å²) >= 11 is 0. The summed E-state index contributed by atoms with van der Waals surface area (Å²) in [5, 5.41) is 17.9. The molecule has 25 heavy (non-hydrogen) atoms. The van der Waals surface area contributed by atoms with Crippen LogP contribution in [-0.2, 0) is 14.3 Å². The molecule has 0 unspecified atom stereocenters. The van der Waals surface area contributed by atoms with E-state index in [9.17, 15) is 14.4 Å². The highest BCUT2D eigenvalue weighted by Gasteiger charge is 2.46. The summed E-state index contributed by atoms with van der Waals surface area (Å²) in [5.74, 6) is -2.43. The zero-order valence-corrected chi connectivity index (χ0v) is 14.4. The van der Waals surface area contributed by atoms with Crippen molar-refractivity contribution in [3.05, 3.63) is 35.4 Å². The van der Waals surface area contributed by atoms with Crippen LogP contribution in [0.3, 0.4) is 0 Å². The monoisotopic (exact) mass is 344 g/mol. The molecular weight excluding hydrogens is 324 g/mol. The van der Waals surface area contributed by atoms with Crippen molar-refractivity contribution in [3.8, 4) is 6.07 Å². The lowest BCUT2D eigenvalue weighted by Gasteiger charge is -2.27. The highest BCUT2D eigenvalue weighted by molar-refractivity contribution is 5.97. The quantitative estimate of drug-likeness (QED) is 0.903. The van der Waals surface area contributed by atoms with Gasteiger partial charge < -0.3 is 9.84 Å². The third kappa shape index (κ3) is 4.35. The van der Waals surface area contributed by atoms with Crippen LogP contribution in [-0.4, -0.2) is 33.6 Å². The summed E-state index contributed by atoms with van der Waals surface area (Å²) in [6, 6.07) is 7.91. The van der Waals surface area contributed by atoms with Gasteiger partial charge in [-0.2, -0.15) is 5.26 Å². The number of benzene rings is 1. The lowest BCUT2D eigenvalue weighted by Crippen LogP contribution is -2.40. The number of imide groups is 1. The number of likely N-dealkylation sites (tertiary alicyclic amines) is 1. The minimum Gasteiger partial charge on any atom is -0.481 e. The van der Waals surface area contributed by atoms with E-state index in [1.165, 1.54) is 0 Å². The average molecular weight is 344 g/mol. The van der Waals surface area contributed by atoms with Gasteiger partial charge in [-0.25, -0.2) is 9.69 Å². The van der Waals surface area contributed by atoms with Gasteiger partial charge in [0.2, 0.25) is 5.91 Å². The van der Waals surface area contributed by atoms with E-state index in [1.54, 1.807) is 45.0 Å². The fraction of sp³-hybridized carbons (Fsp3) is 0.444. The normalized spacial score (nSPS) is 20.2. The Kier molecular flexibility index (Phi) is 5.12. The molecular formula is C18H20N2O5. The van der Waals surface area contributed by atoms with Gasteiger partial charge in [-0.05, 0) is 44.9 Å². The van der Waals surface area contributed by atoms with Gasteiger partial charge >= 0.3 is 12.1 Å². The van der Waals surface area contributed by atoms with Crippen LogP contribution in [0.1, 0.15) is 50.8 Å². The predicted octanol–water partition coefficient (Wildman–Crippen LogP) is 2.86. The van der Waals surface area contributed by atoms with E-state index in [2.05, 4.69) is 0 Å². The number of hydrogen-bond acceptors (Lipinski definition) is 5. The van der Waals surface area contributed by atoms with E-state index in [4.69, 9.17) is 15.1 Å². The van der Waals surface area contributed by atoms with Gasteiger partial charge in [-0.1, -0.05) is 12.1 Å². The van der Waals surface area contributed by atoms with Crippen LogP contribution in [0.5, 0.6) is 0 Å². The van der Waals surface area contributed by atoms with Crippen molar-refractivity contribution in [1.82, 2.24) is 4.90 Å². The number of nitriles is 1. The molecule has 0 saturated carbocycles. The number of hydrogen-bond donors (Lipinski definition) is 1. The van der Waals surface area contributed by atoms with Crippen molar-refractivity contribution in [1.29, 1.82) is 5.26 Å². The van der Waals surface area contributed by atoms with E-state index in [0.29, 0.717) is 11.1 Å². The van der Waals surface area contributed by atoms with E-state index in [0.717, 1.165) is 4.90 Å². The Morgan fingerprint density at radius 3 is 2.40 bits per heavy atom. The van der Waals surface area contributed by atoms with Gasteiger partial charge in [-0.3, -0.25) is 9.59 Å². The number of ether oxygens (including phenoxy) is 1. The van der Waals surface area contributed by atoms with Gasteiger partial charge in [0.25, 0.3) is 0 Å². The largest absolute Gasteiger partial charge is 0.481 e. The fourth-order valence-corrected chi connectivity index (χ4v) is 2.80. The molecule has 1 N–H and O–H groups in total. The average Bonchev–Trinajstić information content (AvgIpc) is 2.82. The molecule has 1 aromatic carbocycles. The summed E-state index contributed by atoms with van der Waals surface area (Å²) in [5.41, 5.74) is 0.336. The van der Waals surface area contributed by atoms with Gasteiger partial charge in [0.1, 0.15) is 5.60 Å². The molecule has 0 radical (unpaired) electrons. The fourth-order valence-electron chi connectivity index (χ4n) is 2.80. The minimum atomic E-state index is -1.09. The van der Waals surface area contributed by atoms with E-state index >= 15 is 0 Å². The van der Waals surface area contributed by atoms with Crippen LogP contribution in [0.4, 0.5) is 4.79 Å². The Hall–Kier alpha value is -2.88. The Bertz CT molecular complexity index is 727. The van der Waals surface area contributed by atoms with E-state index in [1.807, 2.05) is 6.07 Å². The van der Waals surface area contributed by atoms with Gasteiger partial charge in [0.05, 0.1) is 30.0 Å². The highest BCUT2D eigenvalue weighted by Crippen LogP contribution is 2.39. The topological polar surface area (TPSA) is 108 Å². The predicted molar refractivity (Wildman–Crippen MR) is 87.3 cm³/mol. The number of nitrogens with zero attached hydrogens (tertiary/aromatic N) is 2. The van der Waals surface area contributed by atoms with Crippen molar-refractivity contribution >= 4 is 18.0 Å². The van der Waals surface area contributed by atoms with Crippen LogP contribution in [0, 0.1) is 17.2 Å². The number of carbonyl (C=O) groups is 3. The smallest absolute Gasteiger partial charge is 0.417 e. The lowest BCUT2D eigenvalue weighted by molar-refractivity contribution is -0.142. The standard InChI is InChI=1S/C18H20N2O5/c1-18(2,3)25-17(24)20-14(8-13(16(20)23)9-15(21)22)12-6-4-11(10-19)5-7-12/h4-7,13-14H,8-9H2,1-3H3,(H,21,22)/t13-,14+/m1/s1. The molecule has 0 bridgehead atoms. The second-order valence-electron chi connectivity index (χ2n) is 6.97. The molecule has 2 atom stereocenters. The van der Waals surface area contributed by atoms with Crippen LogP contribution in [0.15, 0.2) is 24.3 Å². The molecule has 1 aliphatic heterocycles. The number of aliphatic carboxylic acids is 1. The first-order valence-electron chi connectivity index (χ1n) is 7.90. The van der Waals surface area contributed by atoms with E-state index < -0.39 is 35.5 Å². The summed E-state index contributed by atoms with van der Waals surface area (Å²) in [4.78, 5) is 37.1. The highest BCUT2D eigenvalue weighted by atomic mass is 16.6. The summed E-state index contributed by atoms with van der Waals surface area (Å²) < 4.78 is 5.31. The van der Waals surface area contributed by atoms with Gasteiger partial charge in [0.15, 0.2) is 0 Å². The molecule has 1 saturated heterocycles. The Morgan fingerprint density at radius 2 is 1.92 bits per heavy atom. The molecule has 2 amide bonds. The molecule has 1 aromatic rings. The van der Waals surface area contributed by atoms with Crippen molar-refractivity contribution in [2.75, 3.05) is 0 Å². The lowest BCUT2D eigenvalue weighted by atomic mass is 9.97. The molecule has 0 spiro atoms. The van der Waals surface area contributed by atoms with Crippen molar-refractivity contribution < 1.29 is 24.2 Å². The van der Waals surface area contributed by atoms with Crippen LogP contribution in [0.25, 0.3) is 0 Å². The zero-order chi connectivity index (χ0) is 18.8. The molecule has 1 fully saturated rings. The SMILES string of the molecule is CC(C)(C)OC(=O)N1C(=O)[C@@H](CC(=O)O)C[C@H]1c1ccc(C#N)cc1. The first kappa shape index (κ1) is 18.5. The van der Waals surface area contributed by atoms with Crippen LogP contribution < -0.4 is 0 Å². The number of carbonyl (C=O) groups excluding carboxylic acids is 2. The summed E-state index contributed by atoms with van der Waals surface area (Å²) in [7, 11) is 0. The number of carboxylic acid groups (broad SMARTS) is 1. The molecule has 1 heterocycles. The second-order valence-corrected chi connectivity index (χ2v) is 6.97. The first-order chi connectivity index (χ1) is 11.6. The molecule has 0 aromatic heterocycles. The van der Waals surface area contributed by atoms with E-state index in [-0.39, 0.29) is 12.8 Å². The minimum absolute atomic E-state index is 0.205. The molecule has 132 valence electrons. The molecule has 1 aliphatic rings. The summed E-state index contributed by atoms with van der Waals surface area (Å²) in [6.07, 6.45) is -0.930. The Morgan fingerprint density at radius 1 is 1.32 bits per heavy atom. The van der Waals surface area contributed by atoms with Crippen molar-refractivity contribution in [3.63, 3.8) is 0 Å². The Labute approximate surface area is 145 Å². The number of amides is 2. The molecule has 0 aliphatic carbocycles. The maximum atomic E-state index is 12.6. The van der Waals surface area contributed by atoms with Crippen molar-refractivity contribution in [2.45, 2.75) is 45.3 Å². The molecule has 7 heteroatoms. The van der Waals surface area contributed by atoms with Gasteiger partial charge in [-0.15, -0.1) is 0 Å². The summed E-state index contributed by atoms with van der Waals surface area (Å²) in [6.45, 7) is 5.07. The van der Waals surface area contributed by atoms with Gasteiger partial charge in [0, 0.05) is 0 Å². The second kappa shape index (κ2) is 6.93. The van der Waals surface area contributed by atoms with Crippen LogP contribution in [0.2, 0.25) is 0 Å². The maximum absolute atomic E-state index is 12.6. The number of rotatable bonds is 3. The third-order valence-corrected chi connectivity index (χ3v) is 3.84. The Balaban J connectivity index is 2.35. The zero-order valence-electron chi connectivity index (χ0n) is 14.4. The first-order valence-corrected chi connectivity index (χ1v) is 7.90. The molecule has 7 nitrogen and oxygen atoms in total. The maximum Gasteiger partial charge on any atom is 0.417 e. The number of carboxylic acids is 1. The third-order valence-electron chi connectivity index (χ3n) is 3.84.